The first-order valence-corrected chi connectivity index (χ1v) is 25.5. The average molecular weight is 1060 g/mol. The molecule has 400 valence electrons. The van der Waals surface area contributed by atoms with Crippen LogP contribution in [0.1, 0.15) is 115 Å². The van der Waals surface area contributed by atoms with Gasteiger partial charge in [0.2, 0.25) is 0 Å². The Kier molecular flexibility index (Phi) is 17.5. The summed E-state index contributed by atoms with van der Waals surface area (Å²) in [4.78, 5) is 65.8. The fourth-order valence-corrected chi connectivity index (χ4v) is 9.46. The largest absolute Gasteiger partial charge is 0.489 e. The van der Waals surface area contributed by atoms with Gasteiger partial charge in [-0.15, -0.1) is 0 Å². The van der Waals surface area contributed by atoms with E-state index >= 15 is 0 Å². The Labute approximate surface area is 450 Å². The Morgan fingerprint density at radius 2 is 0.936 bits per heavy atom. The van der Waals surface area contributed by atoms with Crippen LogP contribution in [-0.2, 0) is 18.0 Å². The molecular weight excluding hydrogens is 999 g/mol. The van der Waals surface area contributed by atoms with Crippen molar-refractivity contribution in [2.45, 2.75) is 115 Å². The first-order valence-electron chi connectivity index (χ1n) is 25.5. The molecule has 0 saturated heterocycles. The lowest BCUT2D eigenvalue weighted by atomic mass is 9.85. The van der Waals surface area contributed by atoms with E-state index < -0.39 is 21.5 Å². The molecule has 3 amide bonds. The molecule has 6 aromatic carbocycles. The molecule has 19 nitrogen and oxygen atoms in total. The molecule has 0 heterocycles. The number of hydrogen-bond acceptors (Lipinski definition) is 14. The van der Waals surface area contributed by atoms with E-state index in [1.165, 1.54) is 24.3 Å². The van der Waals surface area contributed by atoms with E-state index in [0.717, 1.165) is 0 Å². The van der Waals surface area contributed by atoms with Crippen LogP contribution in [0.2, 0.25) is 0 Å². The lowest BCUT2D eigenvalue weighted by Gasteiger charge is -2.44. The van der Waals surface area contributed by atoms with Crippen LogP contribution in [-0.4, -0.2) is 62.4 Å². The van der Waals surface area contributed by atoms with Gasteiger partial charge in [0.15, 0.2) is 0 Å². The van der Waals surface area contributed by atoms with Crippen molar-refractivity contribution in [2.24, 2.45) is 0 Å². The van der Waals surface area contributed by atoms with Crippen LogP contribution >= 0.6 is 0 Å². The molecule has 0 radical (unpaired) electrons. The molecule has 0 aliphatic heterocycles. The molecule has 2 fully saturated rings. The molecule has 0 bridgehead atoms. The zero-order valence-corrected chi connectivity index (χ0v) is 43.2. The van der Waals surface area contributed by atoms with E-state index in [4.69, 9.17) is 23.7 Å². The minimum Gasteiger partial charge on any atom is -0.489 e. The number of nitrogens with zero attached hydrogens (tertiary/aromatic N) is 5. The molecule has 2 saturated carbocycles. The van der Waals surface area contributed by atoms with Gasteiger partial charge in [0, 0.05) is 71.7 Å². The van der Waals surface area contributed by atoms with Gasteiger partial charge in [0.05, 0.1) is 33.1 Å². The minimum atomic E-state index is -0.758. The second-order valence-electron chi connectivity index (χ2n) is 20.1. The van der Waals surface area contributed by atoms with E-state index in [-0.39, 0.29) is 71.7 Å². The summed E-state index contributed by atoms with van der Waals surface area (Å²) >= 11 is 0. The van der Waals surface area contributed by atoms with Crippen molar-refractivity contribution in [2.75, 3.05) is 0 Å². The van der Waals surface area contributed by atoms with Gasteiger partial charge in [0.25, 0.3) is 23.2 Å². The van der Waals surface area contributed by atoms with Gasteiger partial charge in [-0.05, 0) is 156 Å². The van der Waals surface area contributed by atoms with Crippen molar-refractivity contribution in [3.05, 3.63) is 187 Å². The van der Waals surface area contributed by atoms with Crippen molar-refractivity contribution < 1.29 is 47.9 Å². The van der Waals surface area contributed by atoms with Crippen LogP contribution in [0.5, 0.6) is 34.5 Å². The molecular formula is C59H57N7O12. The Bertz CT molecular complexity index is 3040. The van der Waals surface area contributed by atoms with Crippen LogP contribution in [0.4, 0.5) is 16.2 Å². The molecule has 0 atom stereocenters. The highest BCUT2D eigenvalue weighted by Gasteiger charge is 2.38. The zero-order chi connectivity index (χ0) is 55.3. The summed E-state index contributed by atoms with van der Waals surface area (Å²) in [7, 11) is 0. The minimum absolute atomic E-state index is 0.0170. The van der Waals surface area contributed by atoms with Crippen LogP contribution in [0.25, 0.3) is 0 Å². The Balaban J connectivity index is 0.913. The normalized spacial score (nSPS) is 16.9. The SMILES string of the molecule is CC(C)(C)OC(=O)N(C1CCC(NC(=O)c2cc(OCc3cccc([N+](=O)[O-])c3)cc(Oc3ccc(C#N)cc3)c2)CC1)C1CCC(NC(=O)c2cc(OCc3cccc([N+](=O)[O-])c3)cc(Oc3ccc(C#N)cc3)c2)CC1. The van der Waals surface area contributed by atoms with Gasteiger partial charge in [-0.3, -0.25) is 29.8 Å². The topological polar surface area (TPSA) is 259 Å². The van der Waals surface area contributed by atoms with Gasteiger partial charge in [-0.1, -0.05) is 24.3 Å². The average Bonchev–Trinajstić information content (AvgIpc) is 3.44. The quantitative estimate of drug-likeness (QED) is 0.0599. The van der Waals surface area contributed by atoms with Gasteiger partial charge in [0.1, 0.15) is 53.3 Å². The van der Waals surface area contributed by atoms with Crippen molar-refractivity contribution in [1.29, 1.82) is 10.5 Å². The summed E-state index contributed by atoms with van der Waals surface area (Å²) < 4.78 is 30.3. The first-order chi connectivity index (χ1) is 37.5. The fraction of sp³-hybridized carbons (Fsp3) is 0.305. The second-order valence-corrected chi connectivity index (χ2v) is 20.1. The van der Waals surface area contributed by atoms with Crippen molar-refractivity contribution in [1.82, 2.24) is 15.5 Å². The first kappa shape index (κ1) is 54.8. The lowest BCUT2D eigenvalue weighted by Crippen LogP contribution is -2.53. The van der Waals surface area contributed by atoms with Gasteiger partial charge in [-0.25, -0.2) is 4.79 Å². The molecule has 2 aliphatic carbocycles. The Hall–Kier alpha value is -9.49. The monoisotopic (exact) mass is 1060 g/mol. The maximum Gasteiger partial charge on any atom is 0.410 e. The third kappa shape index (κ3) is 15.1. The molecule has 0 unspecified atom stereocenters. The number of nitriles is 2. The number of ether oxygens (including phenoxy) is 5. The number of non-ortho nitro benzene ring substituents is 2. The Morgan fingerprint density at radius 1 is 0.551 bits per heavy atom. The third-order valence-corrected chi connectivity index (χ3v) is 13.2. The number of carbonyl (C=O) groups is 3. The van der Waals surface area contributed by atoms with Gasteiger partial charge >= 0.3 is 6.09 Å². The summed E-state index contributed by atoms with van der Waals surface area (Å²) in [5, 5.41) is 47.7. The predicted octanol–water partition coefficient (Wildman–Crippen LogP) is 12.0. The summed E-state index contributed by atoms with van der Waals surface area (Å²) in [6.07, 6.45) is 4.23. The highest BCUT2D eigenvalue weighted by atomic mass is 16.6. The Morgan fingerprint density at radius 3 is 1.29 bits per heavy atom. The molecule has 0 spiro atoms. The number of rotatable bonds is 18. The number of hydrogen-bond donors (Lipinski definition) is 2. The standard InChI is InChI=1S/C59H57N7O12/c1-59(2,3)78-58(69)64(46-18-14-44(15-19-46)62-56(67)42-28-52(74-36-40-6-4-8-48(26-40)65(70)71)32-54(30-42)76-50-22-10-38(34-60)11-23-50)47-20-16-45(17-21-47)63-57(68)43-29-53(75-37-41-7-5-9-49(27-41)66(72)73)33-55(31-43)77-51-24-12-39(35-61)13-25-51/h4-13,22-33,44-47H,14-21,36-37H2,1-3H3,(H,62,67)(H,63,68). The molecule has 2 aliphatic rings. The van der Waals surface area contributed by atoms with E-state index in [0.29, 0.717) is 108 Å². The molecule has 0 aromatic heterocycles. The molecule has 19 heteroatoms. The fourth-order valence-electron chi connectivity index (χ4n) is 9.46. The maximum absolute atomic E-state index is 14.1. The highest BCUT2D eigenvalue weighted by molar-refractivity contribution is 5.96. The number of carbonyl (C=O) groups excluding carboxylic acids is 3. The van der Waals surface area contributed by atoms with E-state index in [1.807, 2.05) is 25.7 Å². The summed E-state index contributed by atoms with van der Waals surface area (Å²) in [5.41, 5.74) is 1.60. The number of nitro benzene ring substituents is 2. The maximum atomic E-state index is 14.1. The van der Waals surface area contributed by atoms with Crippen LogP contribution in [0.15, 0.2) is 133 Å². The summed E-state index contributed by atoms with van der Waals surface area (Å²) in [5.74, 6) is 1.28. The number of amides is 3. The van der Waals surface area contributed by atoms with Crippen LogP contribution < -0.4 is 29.6 Å². The highest BCUT2D eigenvalue weighted by Crippen LogP contribution is 2.35. The number of nitro groups is 2. The van der Waals surface area contributed by atoms with Crippen LogP contribution in [0, 0.1) is 42.9 Å². The summed E-state index contributed by atoms with van der Waals surface area (Å²) in [6, 6.07) is 38.0. The van der Waals surface area contributed by atoms with Gasteiger partial charge < -0.3 is 39.2 Å². The lowest BCUT2D eigenvalue weighted by molar-refractivity contribution is -0.385. The van der Waals surface area contributed by atoms with E-state index in [1.54, 1.807) is 109 Å². The summed E-state index contributed by atoms with van der Waals surface area (Å²) in [6.45, 7) is 5.44. The number of benzene rings is 6. The second kappa shape index (κ2) is 24.9. The molecule has 6 aromatic rings. The van der Waals surface area contributed by atoms with E-state index in [9.17, 15) is 45.1 Å². The van der Waals surface area contributed by atoms with Crippen molar-refractivity contribution in [3.63, 3.8) is 0 Å². The molecule has 8 rings (SSSR count). The van der Waals surface area contributed by atoms with E-state index in [2.05, 4.69) is 22.8 Å². The third-order valence-electron chi connectivity index (χ3n) is 13.2. The molecule has 2 N–H and O–H groups in total. The van der Waals surface area contributed by atoms with Crippen LogP contribution in [0.3, 0.4) is 0 Å². The van der Waals surface area contributed by atoms with Gasteiger partial charge in [-0.2, -0.15) is 10.5 Å². The zero-order valence-electron chi connectivity index (χ0n) is 43.2. The van der Waals surface area contributed by atoms with Crippen molar-refractivity contribution >= 4 is 29.3 Å². The molecule has 78 heavy (non-hydrogen) atoms. The smallest absolute Gasteiger partial charge is 0.410 e. The number of nitrogens with one attached hydrogen (secondary N) is 2. The van der Waals surface area contributed by atoms with Crippen molar-refractivity contribution in [3.8, 4) is 46.6 Å². The predicted molar refractivity (Wildman–Crippen MR) is 285 cm³/mol.